The Bertz CT molecular complexity index is 1010. The lowest BCUT2D eigenvalue weighted by Crippen LogP contribution is -2.37. The standard InChI is InChI=1S/C22H21FN4O2/c1-15(28)27-11-3-4-17(14-27)20-13-21(29-19-6-2-5-18(23)12-19)26-22(25-20)16-7-9-24-10-8-16/h2,5-10,12-13,17H,3-4,11,14H2,1H3/t17-/m0/s1. The van der Waals surface area contributed by atoms with Gasteiger partial charge in [0, 0.05) is 56.0 Å². The van der Waals surface area contributed by atoms with Gasteiger partial charge in [-0.05, 0) is 37.1 Å². The number of benzene rings is 1. The Kier molecular flexibility index (Phi) is 5.46. The number of ether oxygens (including phenoxy) is 1. The lowest BCUT2D eigenvalue weighted by atomic mass is 9.94. The molecule has 0 bridgehead atoms. The van der Waals surface area contributed by atoms with Crippen molar-refractivity contribution in [1.82, 2.24) is 19.9 Å². The zero-order valence-electron chi connectivity index (χ0n) is 16.1. The second-order valence-electron chi connectivity index (χ2n) is 7.05. The van der Waals surface area contributed by atoms with Gasteiger partial charge < -0.3 is 9.64 Å². The summed E-state index contributed by atoms with van der Waals surface area (Å²) in [6, 6.07) is 11.4. The fourth-order valence-electron chi connectivity index (χ4n) is 3.49. The van der Waals surface area contributed by atoms with Crippen LogP contribution in [0.25, 0.3) is 11.4 Å². The van der Waals surface area contributed by atoms with Gasteiger partial charge in [0.1, 0.15) is 11.6 Å². The summed E-state index contributed by atoms with van der Waals surface area (Å²) in [7, 11) is 0. The number of piperidine rings is 1. The molecule has 0 unspecified atom stereocenters. The quantitative estimate of drug-likeness (QED) is 0.666. The Morgan fingerprint density at radius 1 is 1.17 bits per heavy atom. The molecule has 148 valence electrons. The van der Waals surface area contributed by atoms with Crippen LogP contribution in [0.2, 0.25) is 0 Å². The van der Waals surface area contributed by atoms with Crippen LogP contribution in [0.4, 0.5) is 4.39 Å². The van der Waals surface area contributed by atoms with Crippen molar-refractivity contribution in [2.45, 2.75) is 25.7 Å². The van der Waals surface area contributed by atoms with Gasteiger partial charge >= 0.3 is 0 Å². The minimum Gasteiger partial charge on any atom is -0.439 e. The molecule has 6 nitrogen and oxygen atoms in total. The third-order valence-electron chi connectivity index (χ3n) is 4.96. The minimum absolute atomic E-state index is 0.0642. The van der Waals surface area contributed by atoms with Crippen LogP contribution in [0, 0.1) is 5.82 Å². The number of likely N-dealkylation sites (tertiary alicyclic amines) is 1. The van der Waals surface area contributed by atoms with Crippen molar-refractivity contribution in [3.05, 3.63) is 66.4 Å². The van der Waals surface area contributed by atoms with E-state index in [-0.39, 0.29) is 17.6 Å². The van der Waals surface area contributed by atoms with E-state index in [1.165, 1.54) is 12.1 Å². The molecule has 1 aliphatic heterocycles. The predicted octanol–water partition coefficient (Wildman–Crippen LogP) is 4.20. The molecule has 3 heterocycles. The molecule has 0 saturated carbocycles. The number of rotatable bonds is 4. The fraction of sp³-hybridized carbons (Fsp3) is 0.273. The molecule has 0 N–H and O–H groups in total. The third-order valence-corrected chi connectivity index (χ3v) is 4.96. The number of pyridine rings is 1. The number of carbonyl (C=O) groups is 1. The summed E-state index contributed by atoms with van der Waals surface area (Å²) in [5.74, 6) is 0.990. The van der Waals surface area contributed by atoms with E-state index in [0.717, 1.165) is 30.6 Å². The van der Waals surface area contributed by atoms with E-state index in [9.17, 15) is 9.18 Å². The zero-order chi connectivity index (χ0) is 20.2. The van der Waals surface area contributed by atoms with E-state index in [1.54, 1.807) is 37.5 Å². The molecule has 0 radical (unpaired) electrons. The molecule has 1 aliphatic rings. The van der Waals surface area contributed by atoms with Crippen LogP contribution in [0.5, 0.6) is 11.6 Å². The van der Waals surface area contributed by atoms with Crippen LogP contribution in [-0.2, 0) is 4.79 Å². The fourth-order valence-corrected chi connectivity index (χ4v) is 3.49. The topological polar surface area (TPSA) is 68.2 Å². The molecule has 0 spiro atoms. The molecule has 1 fully saturated rings. The summed E-state index contributed by atoms with van der Waals surface area (Å²) >= 11 is 0. The van der Waals surface area contributed by atoms with Crippen LogP contribution >= 0.6 is 0 Å². The average Bonchev–Trinajstić information content (AvgIpc) is 2.74. The number of aromatic nitrogens is 3. The van der Waals surface area contributed by atoms with Gasteiger partial charge in [0.05, 0.1) is 5.69 Å². The molecule has 1 atom stereocenters. The van der Waals surface area contributed by atoms with Crippen molar-refractivity contribution in [2.24, 2.45) is 0 Å². The first-order valence-corrected chi connectivity index (χ1v) is 9.57. The van der Waals surface area contributed by atoms with E-state index < -0.39 is 0 Å². The molecule has 29 heavy (non-hydrogen) atoms. The first-order chi connectivity index (χ1) is 14.1. The lowest BCUT2D eigenvalue weighted by Gasteiger charge is -2.31. The van der Waals surface area contributed by atoms with Gasteiger partial charge in [0.25, 0.3) is 0 Å². The highest BCUT2D eigenvalue weighted by atomic mass is 19.1. The number of nitrogens with zero attached hydrogens (tertiary/aromatic N) is 4. The monoisotopic (exact) mass is 392 g/mol. The third kappa shape index (κ3) is 4.56. The highest BCUT2D eigenvalue weighted by molar-refractivity contribution is 5.73. The first-order valence-electron chi connectivity index (χ1n) is 9.57. The molecule has 1 saturated heterocycles. The second-order valence-corrected chi connectivity index (χ2v) is 7.05. The maximum absolute atomic E-state index is 13.5. The lowest BCUT2D eigenvalue weighted by molar-refractivity contribution is -0.130. The average molecular weight is 392 g/mol. The summed E-state index contributed by atoms with van der Waals surface area (Å²) in [6.07, 6.45) is 5.20. The van der Waals surface area contributed by atoms with Crippen LogP contribution in [-0.4, -0.2) is 38.8 Å². The normalized spacial score (nSPS) is 16.5. The van der Waals surface area contributed by atoms with Crippen molar-refractivity contribution in [2.75, 3.05) is 13.1 Å². The van der Waals surface area contributed by atoms with Crippen LogP contribution < -0.4 is 4.74 Å². The van der Waals surface area contributed by atoms with E-state index in [1.807, 2.05) is 17.0 Å². The highest BCUT2D eigenvalue weighted by Gasteiger charge is 2.25. The first kappa shape index (κ1) is 19.0. The molecule has 7 heteroatoms. The Labute approximate surface area is 168 Å². The molecule has 4 rings (SSSR count). The van der Waals surface area contributed by atoms with E-state index in [2.05, 4.69) is 9.97 Å². The molecule has 1 aromatic carbocycles. The molecule has 3 aromatic rings. The van der Waals surface area contributed by atoms with Gasteiger partial charge in [0.15, 0.2) is 5.82 Å². The van der Waals surface area contributed by atoms with E-state index >= 15 is 0 Å². The summed E-state index contributed by atoms with van der Waals surface area (Å²) in [4.78, 5) is 27.0. The van der Waals surface area contributed by atoms with Crippen molar-refractivity contribution in [3.63, 3.8) is 0 Å². The molecule has 1 amide bonds. The Hall–Kier alpha value is -3.35. The SMILES string of the molecule is CC(=O)N1CCC[C@H](c2cc(Oc3cccc(F)c3)nc(-c3ccncc3)n2)C1. The maximum atomic E-state index is 13.5. The smallest absolute Gasteiger partial charge is 0.223 e. The second kappa shape index (κ2) is 8.34. The van der Waals surface area contributed by atoms with Gasteiger partial charge in [-0.1, -0.05) is 6.07 Å². The number of hydrogen-bond acceptors (Lipinski definition) is 5. The van der Waals surface area contributed by atoms with E-state index in [0.29, 0.717) is 24.0 Å². The molecule has 0 aliphatic carbocycles. The van der Waals surface area contributed by atoms with E-state index in [4.69, 9.17) is 9.72 Å². The highest BCUT2D eigenvalue weighted by Crippen LogP contribution is 2.31. The number of halogens is 1. The maximum Gasteiger partial charge on any atom is 0.223 e. The molecular formula is C22H21FN4O2. The van der Waals surface area contributed by atoms with Gasteiger partial charge in [-0.2, -0.15) is 4.98 Å². The van der Waals surface area contributed by atoms with Crippen LogP contribution in [0.1, 0.15) is 31.4 Å². The number of hydrogen-bond donors (Lipinski definition) is 0. The largest absolute Gasteiger partial charge is 0.439 e. The van der Waals surface area contributed by atoms with Crippen LogP contribution in [0.15, 0.2) is 54.9 Å². The number of amides is 1. The van der Waals surface area contributed by atoms with Gasteiger partial charge in [0.2, 0.25) is 11.8 Å². The van der Waals surface area contributed by atoms with Crippen LogP contribution in [0.3, 0.4) is 0 Å². The Balaban J connectivity index is 1.71. The van der Waals surface area contributed by atoms with Crippen molar-refractivity contribution in [3.8, 4) is 23.0 Å². The van der Waals surface area contributed by atoms with Crippen molar-refractivity contribution < 1.29 is 13.9 Å². The summed E-state index contributed by atoms with van der Waals surface area (Å²) in [5, 5.41) is 0. The molecule has 2 aromatic heterocycles. The summed E-state index contributed by atoms with van der Waals surface area (Å²) < 4.78 is 19.4. The zero-order valence-corrected chi connectivity index (χ0v) is 16.1. The predicted molar refractivity (Wildman–Crippen MR) is 106 cm³/mol. The number of carbonyl (C=O) groups excluding carboxylic acids is 1. The Morgan fingerprint density at radius 2 is 2.00 bits per heavy atom. The van der Waals surface area contributed by atoms with Crippen molar-refractivity contribution >= 4 is 5.91 Å². The van der Waals surface area contributed by atoms with Gasteiger partial charge in [-0.25, -0.2) is 9.37 Å². The summed E-state index contributed by atoms with van der Waals surface area (Å²) in [5.41, 5.74) is 1.62. The Morgan fingerprint density at radius 3 is 2.76 bits per heavy atom. The summed E-state index contributed by atoms with van der Waals surface area (Å²) in [6.45, 7) is 2.96. The molecular weight excluding hydrogens is 371 g/mol. The van der Waals surface area contributed by atoms with Crippen molar-refractivity contribution in [1.29, 1.82) is 0 Å². The van der Waals surface area contributed by atoms with Gasteiger partial charge in [-0.15, -0.1) is 0 Å². The van der Waals surface area contributed by atoms with Gasteiger partial charge in [-0.3, -0.25) is 9.78 Å². The minimum atomic E-state index is -0.379.